The first-order chi connectivity index (χ1) is 10.1. The highest BCUT2D eigenvalue weighted by Gasteiger charge is 2.18. The number of hydrogen-bond donors (Lipinski definition) is 3. The van der Waals surface area contributed by atoms with Gasteiger partial charge in [0.25, 0.3) is 0 Å². The topological polar surface area (TPSA) is 83.8 Å². The van der Waals surface area contributed by atoms with Crippen molar-refractivity contribution in [3.63, 3.8) is 0 Å². The molecule has 106 valence electrons. The zero-order valence-electron chi connectivity index (χ0n) is 10.7. The Morgan fingerprint density at radius 3 is 2.71 bits per heavy atom. The number of halogens is 2. The Kier molecular flexibility index (Phi) is 3.23. The molecule has 2 amide bonds. The maximum Gasteiger partial charge on any atom is 0.317 e. The Labute approximate surface area is 123 Å². The molecule has 0 spiro atoms. The molecule has 0 saturated carbocycles. The molecule has 0 saturated heterocycles. The van der Waals surface area contributed by atoms with Gasteiger partial charge in [-0.25, -0.2) is 9.18 Å². The van der Waals surface area contributed by atoms with Gasteiger partial charge in [-0.3, -0.25) is 10.4 Å². The zero-order valence-corrected chi connectivity index (χ0v) is 11.4. The number of rotatable bonds is 2. The lowest BCUT2D eigenvalue weighted by Gasteiger charge is -2.07. The summed E-state index contributed by atoms with van der Waals surface area (Å²) in [7, 11) is 0. The van der Waals surface area contributed by atoms with Crippen LogP contribution in [0.3, 0.4) is 0 Å². The number of H-pyrrole nitrogens is 1. The lowest BCUT2D eigenvalue weighted by atomic mass is 10.0. The van der Waals surface area contributed by atoms with Gasteiger partial charge >= 0.3 is 6.03 Å². The van der Waals surface area contributed by atoms with Crippen molar-refractivity contribution in [3.05, 3.63) is 47.2 Å². The minimum absolute atomic E-state index is 0.0111. The summed E-state index contributed by atoms with van der Waals surface area (Å²) in [5, 5.41) is 9.06. The average molecular weight is 305 g/mol. The van der Waals surface area contributed by atoms with Crippen LogP contribution in [0.25, 0.3) is 22.0 Å². The van der Waals surface area contributed by atoms with Crippen molar-refractivity contribution in [2.45, 2.75) is 0 Å². The fourth-order valence-electron chi connectivity index (χ4n) is 2.13. The molecule has 0 unspecified atom stereocenters. The molecule has 7 heteroatoms. The van der Waals surface area contributed by atoms with Crippen molar-refractivity contribution in [1.82, 2.24) is 10.2 Å². The molecular weight excluding hydrogens is 295 g/mol. The minimum Gasteiger partial charge on any atom is -0.351 e. The van der Waals surface area contributed by atoms with E-state index in [0.29, 0.717) is 10.9 Å². The van der Waals surface area contributed by atoms with Gasteiger partial charge in [0.1, 0.15) is 5.52 Å². The molecule has 0 aliphatic rings. The van der Waals surface area contributed by atoms with E-state index in [-0.39, 0.29) is 16.4 Å². The molecule has 0 aliphatic carbocycles. The van der Waals surface area contributed by atoms with Crippen LogP contribution in [0.2, 0.25) is 5.02 Å². The van der Waals surface area contributed by atoms with Gasteiger partial charge in [-0.1, -0.05) is 41.9 Å². The molecule has 5 nitrogen and oxygen atoms in total. The number of hydrogen-bond acceptors (Lipinski definition) is 2. The summed E-state index contributed by atoms with van der Waals surface area (Å²) in [6.45, 7) is 0. The molecule has 0 atom stereocenters. The molecule has 4 N–H and O–H groups in total. The highest BCUT2D eigenvalue weighted by molar-refractivity contribution is 6.34. The second-order valence-electron chi connectivity index (χ2n) is 4.40. The first-order valence-electron chi connectivity index (χ1n) is 6.06. The van der Waals surface area contributed by atoms with E-state index < -0.39 is 11.8 Å². The summed E-state index contributed by atoms with van der Waals surface area (Å²) < 4.78 is 14.3. The number of fused-ring (bicyclic) bond motifs is 1. The first-order valence-corrected chi connectivity index (χ1v) is 6.43. The molecule has 3 aromatic rings. The van der Waals surface area contributed by atoms with Crippen LogP contribution in [0.15, 0.2) is 36.4 Å². The Bertz CT molecular complexity index is 832. The number of urea groups is 1. The number of nitrogens with one attached hydrogen (secondary N) is 2. The lowest BCUT2D eigenvalue weighted by Crippen LogP contribution is -2.19. The van der Waals surface area contributed by atoms with Gasteiger partial charge in [-0.15, -0.1) is 0 Å². The summed E-state index contributed by atoms with van der Waals surface area (Å²) in [5.41, 5.74) is 6.45. The fraction of sp³-hybridized carbons (Fsp3) is 0. The van der Waals surface area contributed by atoms with Crippen LogP contribution in [-0.4, -0.2) is 16.2 Å². The number of anilines is 1. The molecule has 1 aromatic heterocycles. The molecule has 1 heterocycles. The number of aromatic nitrogens is 2. The van der Waals surface area contributed by atoms with E-state index in [4.69, 9.17) is 17.3 Å². The number of aromatic amines is 1. The molecule has 2 aromatic carbocycles. The summed E-state index contributed by atoms with van der Waals surface area (Å²) >= 11 is 6.09. The average Bonchev–Trinajstić information content (AvgIpc) is 2.86. The number of amides is 2. The van der Waals surface area contributed by atoms with E-state index in [1.54, 1.807) is 6.07 Å². The van der Waals surface area contributed by atoms with Crippen LogP contribution in [0, 0.1) is 5.82 Å². The van der Waals surface area contributed by atoms with Gasteiger partial charge in [0.2, 0.25) is 0 Å². The van der Waals surface area contributed by atoms with Crippen LogP contribution in [0.5, 0.6) is 0 Å². The number of carbonyl (C=O) groups excluding carboxylic acids is 1. The van der Waals surface area contributed by atoms with Crippen molar-refractivity contribution in [3.8, 4) is 11.1 Å². The van der Waals surface area contributed by atoms with Gasteiger partial charge in [-0.2, -0.15) is 5.10 Å². The Morgan fingerprint density at radius 2 is 2.05 bits per heavy atom. The van der Waals surface area contributed by atoms with E-state index in [1.165, 1.54) is 0 Å². The van der Waals surface area contributed by atoms with Crippen LogP contribution in [0.4, 0.5) is 15.0 Å². The monoisotopic (exact) mass is 304 g/mol. The number of nitrogens with two attached hydrogens (primary N) is 1. The predicted molar refractivity (Wildman–Crippen MR) is 79.7 cm³/mol. The van der Waals surface area contributed by atoms with E-state index >= 15 is 0 Å². The SMILES string of the molecule is NC(=O)Nc1n[nH]c2c(F)c(Cl)c(-c3ccccc3)cc12. The largest absolute Gasteiger partial charge is 0.351 e. The van der Waals surface area contributed by atoms with E-state index in [2.05, 4.69) is 15.5 Å². The Balaban J connectivity index is 2.26. The van der Waals surface area contributed by atoms with Gasteiger partial charge in [0.05, 0.1) is 5.02 Å². The lowest BCUT2D eigenvalue weighted by molar-refractivity contribution is 0.259. The molecule has 0 bridgehead atoms. The van der Waals surface area contributed by atoms with E-state index in [9.17, 15) is 9.18 Å². The summed E-state index contributed by atoms with van der Waals surface area (Å²) in [4.78, 5) is 11.0. The van der Waals surface area contributed by atoms with Crippen molar-refractivity contribution < 1.29 is 9.18 Å². The van der Waals surface area contributed by atoms with Crippen molar-refractivity contribution >= 4 is 34.4 Å². The highest BCUT2D eigenvalue weighted by atomic mass is 35.5. The molecule has 0 aliphatic heterocycles. The summed E-state index contributed by atoms with van der Waals surface area (Å²) in [5.74, 6) is -0.469. The summed E-state index contributed by atoms with van der Waals surface area (Å²) in [6, 6.07) is 10.0. The molecule has 21 heavy (non-hydrogen) atoms. The quantitative estimate of drug-likeness (QED) is 0.677. The number of benzene rings is 2. The smallest absolute Gasteiger partial charge is 0.317 e. The maximum absolute atomic E-state index is 14.3. The second kappa shape index (κ2) is 5.06. The van der Waals surface area contributed by atoms with E-state index in [1.807, 2.05) is 30.3 Å². The van der Waals surface area contributed by atoms with Gasteiger partial charge in [0.15, 0.2) is 11.6 Å². The van der Waals surface area contributed by atoms with Crippen LogP contribution in [-0.2, 0) is 0 Å². The second-order valence-corrected chi connectivity index (χ2v) is 4.78. The third kappa shape index (κ3) is 2.30. The Morgan fingerprint density at radius 1 is 1.33 bits per heavy atom. The van der Waals surface area contributed by atoms with Crippen molar-refractivity contribution in [2.24, 2.45) is 5.73 Å². The third-order valence-electron chi connectivity index (χ3n) is 3.07. The molecule has 3 rings (SSSR count). The highest BCUT2D eigenvalue weighted by Crippen LogP contribution is 2.36. The van der Waals surface area contributed by atoms with Crippen LogP contribution in [0.1, 0.15) is 0 Å². The van der Waals surface area contributed by atoms with Gasteiger partial charge < -0.3 is 5.73 Å². The van der Waals surface area contributed by atoms with Crippen LogP contribution < -0.4 is 11.1 Å². The molecule has 0 fully saturated rings. The zero-order chi connectivity index (χ0) is 15.0. The molecule has 0 radical (unpaired) electrons. The standard InChI is InChI=1S/C14H10ClFN4O/c15-10-8(7-4-2-1-3-5-7)6-9-12(11(10)16)19-20-13(9)18-14(17)21/h1-6H,(H4,17,18,19,20,21). The summed E-state index contributed by atoms with van der Waals surface area (Å²) in [6.07, 6.45) is 0. The fourth-order valence-corrected chi connectivity index (χ4v) is 2.39. The van der Waals surface area contributed by atoms with Crippen LogP contribution >= 0.6 is 11.6 Å². The Hall–Kier alpha value is -2.60. The third-order valence-corrected chi connectivity index (χ3v) is 3.44. The van der Waals surface area contributed by atoms with Crippen molar-refractivity contribution in [2.75, 3.05) is 5.32 Å². The number of primary amides is 1. The minimum atomic E-state index is -0.778. The van der Waals surface area contributed by atoms with E-state index in [0.717, 1.165) is 5.56 Å². The first kappa shape index (κ1) is 13.4. The van der Waals surface area contributed by atoms with Gasteiger partial charge in [-0.05, 0) is 11.6 Å². The normalized spacial score (nSPS) is 10.8. The number of nitrogens with zero attached hydrogens (tertiary/aromatic N) is 1. The van der Waals surface area contributed by atoms with Gasteiger partial charge in [0, 0.05) is 10.9 Å². The maximum atomic E-state index is 14.3. The molecular formula is C14H10ClFN4O. The predicted octanol–water partition coefficient (Wildman–Crippen LogP) is 3.51. The van der Waals surface area contributed by atoms with Crippen molar-refractivity contribution in [1.29, 1.82) is 0 Å². The number of carbonyl (C=O) groups is 1.